The predicted octanol–water partition coefficient (Wildman–Crippen LogP) is 2.82. The lowest BCUT2D eigenvalue weighted by Gasteiger charge is -2.35. The lowest BCUT2D eigenvalue weighted by atomic mass is 9.78. The Morgan fingerprint density at radius 1 is 1.22 bits per heavy atom. The number of nitrogens with one attached hydrogen (secondary N) is 2. The normalized spacial score (nSPS) is 15.7. The number of carbonyl (C=O) groups is 2. The third-order valence-corrected chi connectivity index (χ3v) is 5.06. The first-order valence-corrected chi connectivity index (χ1v) is 9.25. The fourth-order valence-corrected chi connectivity index (χ4v) is 3.43. The van der Waals surface area contributed by atoms with Crippen molar-refractivity contribution in [2.45, 2.75) is 46.2 Å². The molecule has 0 aromatic heterocycles. The van der Waals surface area contributed by atoms with E-state index in [1.807, 2.05) is 43.0 Å². The zero-order valence-corrected chi connectivity index (χ0v) is 17.5. The molecule has 2 N–H and O–H groups in total. The number of carbonyl (C=O) groups excluding carboxylic acids is 2. The van der Waals surface area contributed by atoms with E-state index < -0.39 is 5.41 Å². The van der Waals surface area contributed by atoms with Crippen LogP contribution < -0.4 is 10.6 Å². The topological polar surface area (TPSA) is 70.7 Å². The molecule has 2 rings (SSSR count). The molecule has 6 nitrogen and oxygen atoms in total. The van der Waals surface area contributed by atoms with Crippen LogP contribution in [0.4, 0.5) is 5.69 Å². The standard InChI is InChI=1S/C20H31N3O3.ClH/c1-15(2)23(16(3)24)13-17-5-7-18(8-6-17)22-19(25)20(14-26-4)9-11-21-12-10-20;/h5-8,15,21H,9-14H2,1-4H3,(H,22,25);1H. The Labute approximate surface area is 168 Å². The van der Waals surface area contributed by atoms with Crippen molar-refractivity contribution in [1.82, 2.24) is 10.2 Å². The first-order chi connectivity index (χ1) is 12.4. The van der Waals surface area contributed by atoms with Gasteiger partial charge >= 0.3 is 0 Å². The van der Waals surface area contributed by atoms with Crippen LogP contribution in [0.15, 0.2) is 24.3 Å². The minimum atomic E-state index is -0.470. The average molecular weight is 398 g/mol. The molecule has 0 radical (unpaired) electrons. The predicted molar refractivity (Wildman–Crippen MR) is 110 cm³/mol. The van der Waals surface area contributed by atoms with E-state index in [0.29, 0.717) is 13.2 Å². The summed E-state index contributed by atoms with van der Waals surface area (Å²) in [5.41, 5.74) is 1.34. The van der Waals surface area contributed by atoms with Crippen LogP contribution in [0.1, 0.15) is 39.2 Å². The largest absolute Gasteiger partial charge is 0.384 e. The van der Waals surface area contributed by atoms with Crippen LogP contribution >= 0.6 is 12.4 Å². The van der Waals surface area contributed by atoms with Crippen molar-refractivity contribution in [1.29, 1.82) is 0 Å². The van der Waals surface area contributed by atoms with Crippen LogP contribution in [-0.4, -0.2) is 49.6 Å². The summed E-state index contributed by atoms with van der Waals surface area (Å²) in [5.74, 6) is 0.0749. The maximum absolute atomic E-state index is 12.8. The van der Waals surface area contributed by atoms with E-state index in [2.05, 4.69) is 10.6 Å². The first-order valence-electron chi connectivity index (χ1n) is 9.25. The Balaban J connectivity index is 0.00000364. The molecule has 1 heterocycles. The lowest BCUT2D eigenvalue weighted by molar-refractivity contribution is -0.131. The Morgan fingerprint density at radius 2 is 1.81 bits per heavy atom. The van der Waals surface area contributed by atoms with E-state index in [-0.39, 0.29) is 30.3 Å². The second-order valence-corrected chi connectivity index (χ2v) is 7.36. The number of hydrogen-bond donors (Lipinski definition) is 2. The van der Waals surface area contributed by atoms with Gasteiger partial charge in [-0.1, -0.05) is 12.1 Å². The monoisotopic (exact) mass is 397 g/mol. The van der Waals surface area contributed by atoms with Gasteiger partial charge in [-0.25, -0.2) is 0 Å². The van der Waals surface area contributed by atoms with Gasteiger partial charge in [0, 0.05) is 32.3 Å². The summed E-state index contributed by atoms with van der Waals surface area (Å²) in [7, 11) is 1.64. The maximum atomic E-state index is 12.8. The second-order valence-electron chi connectivity index (χ2n) is 7.36. The van der Waals surface area contributed by atoms with Gasteiger partial charge in [0.05, 0.1) is 12.0 Å². The van der Waals surface area contributed by atoms with Crippen molar-refractivity contribution in [2.24, 2.45) is 5.41 Å². The van der Waals surface area contributed by atoms with E-state index in [0.717, 1.165) is 37.2 Å². The molecule has 27 heavy (non-hydrogen) atoms. The number of amides is 2. The second kappa shape index (κ2) is 10.6. The van der Waals surface area contributed by atoms with Gasteiger partial charge in [0.2, 0.25) is 11.8 Å². The fraction of sp³-hybridized carbons (Fsp3) is 0.600. The van der Waals surface area contributed by atoms with Crippen molar-refractivity contribution in [3.8, 4) is 0 Å². The molecule has 0 spiro atoms. The molecule has 0 saturated carbocycles. The summed E-state index contributed by atoms with van der Waals surface area (Å²) in [6.45, 7) is 8.25. The zero-order chi connectivity index (χ0) is 19.2. The van der Waals surface area contributed by atoms with Gasteiger partial charge in [-0.3, -0.25) is 9.59 Å². The van der Waals surface area contributed by atoms with Gasteiger partial charge in [-0.05, 0) is 57.5 Å². The third kappa shape index (κ3) is 6.19. The van der Waals surface area contributed by atoms with Gasteiger partial charge in [0.1, 0.15) is 0 Å². The fourth-order valence-electron chi connectivity index (χ4n) is 3.43. The molecule has 1 saturated heterocycles. The van der Waals surface area contributed by atoms with Crippen LogP contribution in [0.25, 0.3) is 0 Å². The van der Waals surface area contributed by atoms with Crippen molar-refractivity contribution < 1.29 is 14.3 Å². The number of piperidine rings is 1. The highest BCUT2D eigenvalue weighted by molar-refractivity contribution is 5.95. The lowest BCUT2D eigenvalue weighted by Crippen LogP contribution is -2.47. The highest BCUT2D eigenvalue weighted by Gasteiger charge is 2.39. The van der Waals surface area contributed by atoms with Gasteiger partial charge in [0.25, 0.3) is 0 Å². The summed E-state index contributed by atoms with van der Waals surface area (Å²) < 4.78 is 5.33. The maximum Gasteiger partial charge on any atom is 0.233 e. The molecule has 0 bridgehead atoms. The zero-order valence-electron chi connectivity index (χ0n) is 16.7. The summed E-state index contributed by atoms with van der Waals surface area (Å²) in [4.78, 5) is 26.4. The molecule has 2 amide bonds. The molecular formula is C20H32ClN3O3. The molecule has 0 aliphatic carbocycles. The number of benzene rings is 1. The number of ether oxygens (including phenoxy) is 1. The highest BCUT2D eigenvalue weighted by Crippen LogP contribution is 2.31. The van der Waals surface area contributed by atoms with Gasteiger partial charge < -0.3 is 20.3 Å². The molecule has 1 aliphatic heterocycles. The van der Waals surface area contributed by atoms with Crippen molar-refractivity contribution in [2.75, 3.05) is 32.1 Å². The van der Waals surface area contributed by atoms with Gasteiger partial charge in [-0.2, -0.15) is 0 Å². The summed E-state index contributed by atoms with van der Waals surface area (Å²) >= 11 is 0. The van der Waals surface area contributed by atoms with Crippen molar-refractivity contribution >= 4 is 29.9 Å². The van der Waals surface area contributed by atoms with Crippen LogP contribution in [-0.2, 0) is 20.9 Å². The minimum Gasteiger partial charge on any atom is -0.384 e. The summed E-state index contributed by atoms with van der Waals surface area (Å²) in [6, 6.07) is 7.86. The SMILES string of the molecule is COCC1(C(=O)Nc2ccc(CN(C(C)=O)C(C)C)cc2)CCNCC1.Cl. The quantitative estimate of drug-likeness (QED) is 0.742. The van der Waals surface area contributed by atoms with E-state index in [1.165, 1.54) is 0 Å². The average Bonchev–Trinajstić information content (AvgIpc) is 2.61. The molecule has 1 aliphatic rings. The Kier molecular flexibility index (Phi) is 9.22. The van der Waals surface area contributed by atoms with Crippen LogP contribution in [0.3, 0.4) is 0 Å². The number of anilines is 1. The van der Waals surface area contributed by atoms with Crippen LogP contribution in [0.5, 0.6) is 0 Å². The number of hydrogen-bond acceptors (Lipinski definition) is 4. The molecule has 0 atom stereocenters. The minimum absolute atomic E-state index is 0. The Hall–Kier alpha value is -1.63. The Bertz CT molecular complexity index is 608. The summed E-state index contributed by atoms with van der Waals surface area (Å²) in [6.07, 6.45) is 1.54. The van der Waals surface area contributed by atoms with Gasteiger partial charge in [-0.15, -0.1) is 12.4 Å². The molecule has 1 aromatic carbocycles. The number of nitrogens with zero attached hydrogens (tertiary/aromatic N) is 1. The number of halogens is 1. The first kappa shape index (κ1) is 23.4. The molecular weight excluding hydrogens is 366 g/mol. The van der Waals surface area contributed by atoms with E-state index in [1.54, 1.807) is 14.0 Å². The molecule has 7 heteroatoms. The van der Waals surface area contributed by atoms with Crippen LogP contribution in [0, 0.1) is 5.41 Å². The molecule has 0 unspecified atom stereocenters. The molecule has 1 aromatic rings. The molecule has 152 valence electrons. The Morgan fingerprint density at radius 3 is 2.30 bits per heavy atom. The van der Waals surface area contributed by atoms with Gasteiger partial charge in [0.15, 0.2) is 0 Å². The number of methoxy groups -OCH3 is 1. The molecule has 1 fully saturated rings. The highest BCUT2D eigenvalue weighted by atomic mass is 35.5. The number of rotatable bonds is 7. The van der Waals surface area contributed by atoms with Crippen LogP contribution in [0.2, 0.25) is 0 Å². The van der Waals surface area contributed by atoms with Crippen molar-refractivity contribution in [3.63, 3.8) is 0 Å². The third-order valence-electron chi connectivity index (χ3n) is 5.06. The smallest absolute Gasteiger partial charge is 0.233 e. The van der Waals surface area contributed by atoms with E-state index in [9.17, 15) is 9.59 Å². The van der Waals surface area contributed by atoms with E-state index in [4.69, 9.17) is 4.74 Å². The summed E-state index contributed by atoms with van der Waals surface area (Å²) in [5, 5.41) is 6.33. The van der Waals surface area contributed by atoms with Crippen molar-refractivity contribution in [3.05, 3.63) is 29.8 Å². The van der Waals surface area contributed by atoms with E-state index >= 15 is 0 Å².